The quantitative estimate of drug-likeness (QED) is 0.762. The largest absolute Gasteiger partial charge is 0.309 e. The SMILES string of the molecule is CNC1(c2cc3ncccn3n2)CC1. The van der Waals surface area contributed by atoms with E-state index in [9.17, 15) is 0 Å². The Hall–Kier alpha value is -1.42. The molecule has 2 aromatic heterocycles. The minimum absolute atomic E-state index is 0.133. The molecule has 0 bridgehead atoms. The molecule has 2 heterocycles. The summed E-state index contributed by atoms with van der Waals surface area (Å²) in [6.07, 6.45) is 6.07. The van der Waals surface area contributed by atoms with E-state index >= 15 is 0 Å². The van der Waals surface area contributed by atoms with Crippen LogP contribution in [-0.2, 0) is 5.54 Å². The van der Waals surface area contributed by atoms with Gasteiger partial charge in [-0.1, -0.05) is 0 Å². The maximum atomic E-state index is 4.51. The Balaban J connectivity index is 2.15. The molecule has 0 spiro atoms. The molecule has 1 aliphatic rings. The molecule has 3 rings (SSSR count). The van der Waals surface area contributed by atoms with Crippen molar-refractivity contribution in [2.45, 2.75) is 18.4 Å². The van der Waals surface area contributed by atoms with Crippen molar-refractivity contribution in [1.29, 1.82) is 0 Å². The number of nitrogens with one attached hydrogen (secondary N) is 1. The lowest BCUT2D eigenvalue weighted by Gasteiger charge is -2.08. The van der Waals surface area contributed by atoms with E-state index in [1.54, 1.807) is 6.20 Å². The lowest BCUT2D eigenvalue weighted by Crippen LogP contribution is -2.24. The van der Waals surface area contributed by atoms with Crippen molar-refractivity contribution in [3.05, 3.63) is 30.2 Å². The van der Waals surface area contributed by atoms with Gasteiger partial charge in [-0.25, -0.2) is 9.50 Å². The molecular formula is C10H12N4. The fourth-order valence-electron chi connectivity index (χ4n) is 1.82. The predicted molar refractivity (Wildman–Crippen MR) is 53.0 cm³/mol. The van der Waals surface area contributed by atoms with Crippen molar-refractivity contribution in [3.63, 3.8) is 0 Å². The van der Waals surface area contributed by atoms with E-state index < -0.39 is 0 Å². The minimum atomic E-state index is 0.133. The van der Waals surface area contributed by atoms with Crippen LogP contribution in [0.4, 0.5) is 0 Å². The van der Waals surface area contributed by atoms with Crippen molar-refractivity contribution < 1.29 is 0 Å². The number of aromatic nitrogens is 3. The van der Waals surface area contributed by atoms with Gasteiger partial charge in [0.25, 0.3) is 0 Å². The van der Waals surface area contributed by atoms with Crippen molar-refractivity contribution >= 4 is 5.65 Å². The van der Waals surface area contributed by atoms with Gasteiger partial charge in [0.2, 0.25) is 0 Å². The first kappa shape index (κ1) is 7.94. The van der Waals surface area contributed by atoms with Crippen LogP contribution in [0.15, 0.2) is 24.5 Å². The number of rotatable bonds is 2. The third-order valence-corrected chi connectivity index (χ3v) is 2.96. The number of nitrogens with zero attached hydrogens (tertiary/aromatic N) is 3. The first-order valence-corrected chi connectivity index (χ1v) is 4.84. The highest BCUT2D eigenvalue weighted by Gasteiger charge is 2.45. The highest BCUT2D eigenvalue weighted by molar-refractivity contribution is 5.42. The normalized spacial score (nSPS) is 18.6. The third-order valence-electron chi connectivity index (χ3n) is 2.96. The molecule has 1 aliphatic carbocycles. The maximum absolute atomic E-state index is 4.51. The average Bonchev–Trinajstić information content (AvgIpc) is 2.91. The molecule has 2 aromatic rings. The van der Waals surface area contributed by atoms with Gasteiger partial charge in [-0.2, -0.15) is 5.10 Å². The Morgan fingerprint density at radius 1 is 1.50 bits per heavy atom. The van der Waals surface area contributed by atoms with Crippen molar-refractivity contribution in [2.24, 2.45) is 0 Å². The molecule has 1 N–H and O–H groups in total. The van der Waals surface area contributed by atoms with Crippen LogP contribution in [-0.4, -0.2) is 21.6 Å². The zero-order valence-corrected chi connectivity index (χ0v) is 8.07. The van der Waals surface area contributed by atoms with Crippen molar-refractivity contribution in [2.75, 3.05) is 7.05 Å². The highest BCUT2D eigenvalue weighted by Crippen LogP contribution is 2.44. The summed E-state index contributed by atoms with van der Waals surface area (Å²) in [5, 5.41) is 7.84. The first-order valence-electron chi connectivity index (χ1n) is 4.84. The standard InChI is InChI=1S/C10H12N4/c1-11-10(3-4-10)8-7-9-12-5-2-6-14(9)13-8/h2,5-7,11H,3-4H2,1H3. The van der Waals surface area contributed by atoms with Gasteiger partial charge in [-0.3, -0.25) is 0 Å². The number of hydrogen-bond acceptors (Lipinski definition) is 3. The summed E-state index contributed by atoms with van der Waals surface area (Å²) in [6, 6.07) is 3.95. The van der Waals surface area contributed by atoms with Crippen LogP contribution < -0.4 is 5.32 Å². The molecular weight excluding hydrogens is 176 g/mol. The molecule has 0 amide bonds. The fourth-order valence-corrected chi connectivity index (χ4v) is 1.82. The molecule has 1 fully saturated rings. The Kier molecular flexibility index (Phi) is 1.44. The average molecular weight is 188 g/mol. The predicted octanol–water partition coefficient (Wildman–Crippen LogP) is 0.938. The highest BCUT2D eigenvalue weighted by atomic mass is 15.3. The van der Waals surface area contributed by atoms with E-state index in [4.69, 9.17) is 0 Å². The van der Waals surface area contributed by atoms with Crippen LogP contribution in [0.3, 0.4) is 0 Å². The first-order chi connectivity index (χ1) is 6.84. The minimum Gasteiger partial charge on any atom is -0.309 e. The Morgan fingerprint density at radius 3 is 3.00 bits per heavy atom. The van der Waals surface area contributed by atoms with Gasteiger partial charge in [0.1, 0.15) is 0 Å². The number of fused-ring (bicyclic) bond motifs is 1. The van der Waals surface area contributed by atoms with E-state index in [0.717, 1.165) is 11.3 Å². The smallest absolute Gasteiger partial charge is 0.155 e. The van der Waals surface area contributed by atoms with Crippen LogP contribution in [0.25, 0.3) is 5.65 Å². The second-order valence-electron chi connectivity index (χ2n) is 3.78. The van der Waals surface area contributed by atoms with Crippen LogP contribution in [0, 0.1) is 0 Å². The van der Waals surface area contributed by atoms with Crippen LogP contribution in [0.5, 0.6) is 0 Å². The zero-order chi connectivity index (χ0) is 9.60. The van der Waals surface area contributed by atoms with Crippen LogP contribution in [0.2, 0.25) is 0 Å². The summed E-state index contributed by atoms with van der Waals surface area (Å²) in [7, 11) is 1.99. The lowest BCUT2D eigenvalue weighted by atomic mass is 10.2. The van der Waals surface area contributed by atoms with E-state index in [-0.39, 0.29) is 5.54 Å². The molecule has 4 nitrogen and oxygen atoms in total. The van der Waals surface area contributed by atoms with Gasteiger partial charge in [0.05, 0.1) is 11.2 Å². The molecule has 0 unspecified atom stereocenters. The van der Waals surface area contributed by atoms with Gasteiger partial charge in [0, 0.05) is 18.5 Å². The third kappa shape index (κ3) is 0.974. The Bertz CT molecular complexity index is 437. The summed E-state index contributed by atoms with van der Waals surface area (Å²) >= 11 is 0. The summed E-state index contributed by atoms with van der Waals surface area (Å²) in [5.41, 5.74) is 2.16. The molecule has 72 valence electrons. The topological polar surface area (TPSA) is 42.2 Å². The molecule has 0 saturated heterocycles. The molecule has 0 aliphatic heterocycles. The molecule has 0 atom stereocenters. The molecule has 1 saturated carbocycles. The summed E-state index contributed by atoms with van der Waals surface area (Å²) in [6.45, 7) is 0. The van der Waals surface area contributed by atoms with E-state index in [0.29, 0.717) is 0 Å². The van der Waals surface area contributed by atoms with Gasteiger partial charge in [-0.15, -0.1) is 0 Å². The van der Waals surface area contributed by atoms with Crippen molar-refractivity contribution in [1.82, 2.24) is 19.9 Å². The fraction of sp³-hybridized carbons (Fsp3) is 0.400. The van der Waals surface area contributed by atoms with Gasteiger partial charge in [0.15, 0.2) is 5.65 Å². The second-order valence-corrected chi connectivity index (χ2v) is 3.78. The van der Waals surface area contributed by atoms with Crippen LogP contribution >= 0.6 is 0 Å². The Morgan fingerprint density at radius 2 is 2.36 bits per heavy atom. The monoisotopic (exact) mass is 188 g/mol. The summed E-state index contributed by atoms with van der Waals surface area (Å²) < 4.78 is 1.83. The Labute approximate surface area is 82.0 Å². The van der Waals surface area contributed by atoms with E-state index in [1.807, 2.05) is 23.8 Å². The van der Waals surface area contributed by atoms with Gasteiger partial charge < -0.3 is 5.32 Å². The molecule has 0 aromatic carbocycles. The lowest BCUT2D eigenvalue weighted by molar-refractivity contribution is 0.562. The molecule has 4 heteroatoms. The maximum Gasteiger partial charge on any atom is 0.155 e. The molecule has 14 heavy (non-hydrogen) atoms. The van der Waals surface area contributed by atoms with Gasteiger partial charge in [-0.05, 0) is 26.0 Å². The summed E-state index contributed by atoms with van der Waals surface area (Å²) in [4.78, 5) is 4.25. The zero-order valence-electron chi connectivity index (χ0n) is 8.07. The number of hydrogen-bond donors (Lipinski definition) is 1. The van der Waals surface area contributed by atoms with E-state index in [1.165, 1.54) is 12.8 Å². The summed E-state index contributed by atoms with van der Waals surface area (Å²) in [5.74, 6) is 0. The van der Waals surface area contributed by atoms with Gasteiger partial charge >= 0.3 is 0 Å². The second kappa shape index (κ2) is 2.54. The van der Waals surface area contributed by atoms with Crippen molar-refractivity contribution in [3.8, 4) is 0 Å². The van der Waals surface area contributed by atoms with Crippen LogP contribution in [0.1, 0.15) is 18.5 Å². The van der Waals surface area contributed by atoms with E-state index in [2.05, 4.69) is 21.5 Å². The molecule has 0 radical (unpaired) electrons.